The maximum atomic E-state index is 13.9. The zero-order chi connectivity index (χ0) is 32.5. The number of hydrogen-bond donors (Lipinski definition) is 1. The molecular formula is C39H40N2O5. The third-order valence-electron chi connectivity index (χ3n) is 7.67. The van der Waals surface area contributed by atoms with Crippen LogP contribution in [0.4, 0.5) is 5.69 Å². The zero-order valence-electron chi connectivity index (χ0n) is 26.6. The standard InChI is InChI=1S/C39H40N2O5/c1-4-45-36(42)18-11-23-41-26-34(33-16-8-9-17-35(33)41)37(43)30-12-10-15-32(25-30)46-38(39(44)40-31-13-6-5-7-14-31)29-21-19-28(20-22-29)24-27(2)3/h5-10,12-17,19-22,25-27,38H,4,11,18,23-24H2,1-3H3,(H,40,44). The van der Waals surface area contributed by atoms with Crippen LogP contribution in [-0.4, -0.2) is 28.8 Å². The molecule has 1 N–H and O–H groups in total. The Kier molecular flexibility index (Phi) is 10.7. The van der Waals surface area contributed by atoms with Gasteiger partial charge in [-0.25, -0.2) is 0 Å². The number of nitrogens with zero attached hydrogens (tertiary/aromatic N) is 1. The molecule has 1 atom stereocenters. The van der Waals surface area contributed by atoms with Crippen molar-refractivity contribution < 1.29 is 23.9 Å². The first kappa shape index (κ1) is 32.2. The molecular weight excluding hydrogens is 576 g/mol. The Bertz CT molecular complexity index is 1790. The lowest BCUT2D eigenvalue weighted by Gasteiger charge is -2.20. The molecule has 0 radical (unpaired) electrons. The number of aromatic nitrogens is 1. The summed E-state index contributed by atoms with van der Waals surface area (Å²) in [4.78, 5) is 39.4. The lowest BCUT2D eigenvalue weighted by atomic mass is 9.99. The van der Waals surface area contributed by atoms with E-state index in [1.165, 1.54) is 5.56 Å². The number of aryl methyl sites for hydroxylation is 1. The molecule has 0 aliphatic rings. The first-order valence-electron chi connectivity index (χ1n) is 15.8. The van der Waals surface area contributed by atoms with E-state index < -0.39 is 6.10 Å². The van der Waals surface area contributed by atoms with Gasteiger partial charge in [0.1, 0.15) is 5.75 Å². The van der Waals surface area contributed by atoms with Gasteiger partial charge in [0.15, 0.2) is 5.78 Å². The summed E-state index contributed by atoms with van der Waals surface area (Å²) >= 11 is 0. The van der Waals surface area contributed by atoms with Crippen LogP contribution in [-0.2, 0) is 27.3 Å². The second-order valence-corrected chi connectivity index (χ2v) is 11.7. The summed E-state index contributed by atoms with van der Waals surface area (Å²) in [6.45, 7) is 7.07. The lowest BCUT2D eigenvalue weighted by molar-refractivity contribution is -0.143. The fraction of sp³-hybridized carbons (Fsp3) is 0.256. The van der Waals surface area contributed by atoms with Crippen LogP contribution in [0.3, 0.4) is 0 Å². The average Bonchev–Trinajstić information content (AvgIpc) is 3.42. The molecule has 4 aromatic carbocycles. The smallest absolute Gasteiger partial charge is 0.305 e. The number of hydrogen-bond acceptors (Lipinski definition) is 5. The third-order valence-corrected chi connectivity index (χ3v) is 7.67. The summed E-state index contributed by atoms with van der Waals surface area (Å²) in [5, 5.41) is 3.79. The number of nitrogens with one attached hydrogen (secondary N) is 1. The first-order valence-corrected chi connectivity index (χ1v) is 15.8. The van der Waals surface area contributed by atoms with Crippen LogP contribution in [0.25, 0.3) is 10.9 Å². The summed E-state index contributed by atoms with van der Waals surface area (Å²) < 4.78 is 13.4. The Morgan fingerprint density at radius 1 is 0.848 bits per heavy atom. The molecule has 0 spiro atoms. The van der Waals surface area contributed by atoms with E-state index in [1.54, 1.807) is 31.2 Å². The van der Waals surface area contributed by atoms with Crippen molar-refractivity contribution in [3.8, 4) is 5.75 Å². The molecule has 236 valence electrons. The van der Waals surface area contributed by atoms with Crippen LogP contribution in [0.1, 0.15) is 66.8 Å². The summed E-state index contributed by atoms with van der Waals surface area (Å²) in [7, 11) is 0. The van der Waals surface area contributed by atoms with Gasteiger partial charge in [-0.1, -0.05) is 86.6 Å². The van der Waals surface area contributed by atoms with Crippen molar-refractivity contribution in [3.63, 3.8) is 0 Å². The number of esters is 1. The van der Waals surface area contributed by atoms with Crippen molar-refractivity contribution in [1.29, 1.82) is 0 Å². The molecule has 7 nitrogen and oxygen atoms in total. The van der Waals surface area contributed by atoms with Crippen LogP contribution in [0, 0.1) is 5.92 Å². The van der Waals surface area contributed by atoms with E-state index in [-0.39, 0.29) is 17.7 Å². The van der Waals surface area contributed by atoms with Crippen LogP contribution in [0.2, 0.25) is 0 Å². The molecule has 1 aromatic heterocycles. The van der Waals surface area contributed by atoms with E-state index in [4.69, 9.17) is 9.47 Å². The molecule has 1 unspecified atom stereocenters. The number of anilines is 1. The zero-order valence-corrected chi connectivity index (χ0v) is 26.6. The topological polar surface area (TPSA) is 86.6 Å². The molecule has 0 aliphatic heterocycles. The number of fused-ring (bicyclic) bond motifs is 1. The van der Waals surface area contributed by atoms with Gasteiger partial charge in [-0.15, -0.1) is 0 Å². The fourth-order valence-electron chi connectivity index (χ4n) is 5.54. The van der Waals surface area contributed by atoms with Gasteiger partial charge in [-0.05, 0) is 61.6 Å². The predicted molar refractivity (Wildman–Crippen MR) is 181 cm³/mol. The Morgan fingerprint density at radius 2 is 1.59 bits per heavy atom. The Balaban J connectivity index is 1.40. The minimum Gasteiger partial charge on any atom is -0.476 e. The van der Waals surface area contributed by atoms with Crippen LogP contribution in [0.5, 0.6) is 5.75 Å². The van der Waals surface area contributed by atoms with E-state index >= 15 is 0 Å². The molecule has 0 bridgehead atoms. The highest BCUT2D eigenvalue weighted by molar-refractivity contribution is 6.16. The molecule has 46 heavy (non-hydrogen) atoms. The highest BCUT2D eigenvalue weighted by Gasteiger charge is 2.24. The van der Waals surface area contributed by atoms with E-state index in [0.717, 1.165) is 17.3 Å². The van der Waals surface area contributed by atoms with Crippen molar-refractivity contribution in [1.82, 2.24) is 4.57 Å². The summed E-state index contributed by atoms with van der Waals surface area (Å²) in [5.41, 5.74) is 4.49. The molecule has 7 heteroatoms. The molecule has 5 rings (SSSR count). The van der Waals surface area contributed by atoms with E-state index in [0.29, 0.717) is 60.0 Å². The van der Waals surface area contributed by atoms with Crippen molar-refractivity contribution in [2.45, 2.75) is 52.7 Å². The monoisotopic (exact) mass is 616 g/mol. The number of ketones is 1. The summed E-state index contributed by atoms with van der Waals surface area (Å²) in [6.07, 6.45) is 2.75. The van der Waals surface area contributed by atoms with Gasteiger partial charge in [0.25, 0.3) is 5.91 Å². The number of ether oxygens (including phenoxy) is 2. The SMILES string of the molecule is CCOC(=O)CCCn1cc(C(=O)c2cccc(OC(C(=O)Nc3ccccc3)c3ccc(CC(C)C)cc3)c2)c2ccccc21. The maximum absolute atomic E-state index is 13.9. The van der Waals surface area contributed by atoms with Gasteiger partial charge >= 0.3 is 5.97 Å². The number of benzene rings is 4. The lowest BCUT2D eigenvalue weighted by Crippen LogP contribution is -2.25. The number of amides is 1. The van der Waals surface area contributed by atoms with Crippen molar-refractivity contribution in [2.75, 3.05) is 11.9 Å². The van der Waals surface area contributed by atoms with E-state index in [9.17, 15) is 14.4 Å². The number of carbonyl (C=O) groups is 3. The number of carbonyl (C=O) groups excluding carboxylic acids is 3. The Hall–Kier alpha value is -5.17. The molecule has 0 saturated carbocycles. The van der Waals surface area contributed by atoms with Crippen molar-refractivity contribution in [2.24, 2.45) is 5.92 Å². The average molecular weight is 617 g/mol. The maximum Gasteiger partial charge on any atom is 0.305 e. The van der Waals surface area contributed by atoms with Crippen molar-refractivity contribution in [3.05, 3.63) is 132 Å². The summed E-state index contributed by atoms with van der Waals surface area (Å²) in [6, 6.07) is 31.9. The molecule has 5 aromatic rings. The quantitative estimate of drug-likeness (QED) is 0.100. The van der Waals surface area contributed by atoms with Crippen LogP contribution >= 0.6 is 0 Å². The first-order chi connectivity index (χ1) is 22.3. The normalized spacial score (nSPS) is 11.7. The van der Waals surface area contributed by atoms with Gasteiger partial charge < -0.3 is 19.4 Å². The molecule has 0 saturated heterocycles. The predicted octanol–water partition coefficient (Wildman–Crippen LogP) is 8.17. The molecule has 0 fully saturated rings. The van der Waals surface area contributed by atoms with Gasteiger partial charge in [-0.3, -0.25) is 14.4 Å². The number of rotatable bonds is 14. The van der Waals surface area contributed by atoms with Gasteiger partial charge in [0.05, 0.1) is 6.61 Å². The van der Waals surface area contributed by atoms with Crippen LogP contribution < -0.4 is 10.1 Å². The molecule has 1 heterocycles. The van der Waals surface area contributed by atoms with E-state index in [1.807, 2.05) is 89.6 Å². The van der Waals surface area contributed by atoms with Gasteiger partial charge in [-0.2, -0.15) is 0 Å². The molecule has 1 amide bonds. The van der Waals surface area contributed by atoms with Gasteiger partial charge in [0.2, 0.25) is 6.10 Å². The van der Waals surface area contributed by atoms with E-state index in [2.05, 4.69) is 19.2 Å². The molecule has 0 aliphatic carbocycles. The minimum atomic E-state index is -0.944. The second kappa shape index (κ2) is 15.2. The number of para-hydroxylation sites is 2. The van der Waals surface area contributed by atoms with Gasteiger partial charge in [0, 0.05) is 52.4 Å². The van der Waals surface area contributed by atoms with Crippen LogP contribution in [0.15, 0.2) is 109 Å². The van der Waals surface area contributed by atoms with Crippen molar-refractivity contribution >= 4 is 34.3 Å². The largest absolute Gasteiger partial charge is 0.476 e. The highest BCUT2D eigenvalue weighted by atomic mass is 16.5. The Morgan fingerprint density at radius 3 is 2.33 bits per heavy atom. The highest BCUT2D eigenvalue weighted by Crippen LogP contribution is 2.29. The second-order valence-electron chi connectivity index (χ2n) is 11.7. The Labute approximate surface area is 270 Å². The summed E-state index contributed by atoms with van der Waals surface area (Å²) in [5.74, 6) is 0.218. The fourth-order valence-corrected chi connectivity index (χ4v) is 5.54. The minimum absolute atomic E-state index is 0.158. The third kappa shape index (κ3) is 8.10.